The summed E-state index contributed by atoms with van der Waals surface area (Å²) in [5.74, 6) is 0.390. The monoisotopic (exact) mass is 631 g/mol. The van der Waals surface area contributed by atoms with Crippen molar-refractivity contribution >= 4 is 5.69 Å². The average Bonchev–Trinajstić information content (AvgIpc) is 3.20. The third-order valence-electron chi connectivity index (χ3n) is 10.0. The Kier molecular flexibility index (Phi) is 8.90. The molecule has 0 N–H and O–H groups in total. The molecule has 49 heavy (non-hydrogen) atoms. The molecule has 0 spiro atoms. The van der Waals surface area contributed by atoms with E-state index >= 15 is 0 Å². The maximum Gasteiger partial charge on any atom is 0.0464 e. The lowest BCUT2D eigenvalue weighted by Gasteiger charge is -2.33. The lowest BCUT2D eigenvalue weighted by molar-refractivity contribution is 0.815. The van der Waals surface area contributed by atoms with E-state index in [0.717, 1.165) is 32.1 Å². The Bertz CT molecular complexity index is 2120. The van der Waals surface area contributed by atoms with E-state index in [0.29, 0.717) is 5.92 Å². The SMILES string of the molecule is C1=CCCC(C2=CC=C(N(C3=CCC(c4ccccc4)C=C3)c3ccc(-c4ccccc4)c(-c4cccc(-c5ccccc5)c4)c3)CC2)=C1. The van der Waals surface area contributed by atoms with Crippen LogP contribution in [-0.2, 0) is 0 Å². The van der Waals surface area contributed by atoms with Gasteiger partial charge in [-0.05, 0) is 113 Å². The number of nitrogens with zero attached hydrogens (tertiary/aromatic N) is 1. The van der Waals surface area contributed by atoms with Crippen molar-refractivity contribution in [3.63, 3.8) is 0 Å². The molecule has 0 fully saturated rings. The number of anilines is 1. The maximum atomic E-state index is 2.51. The highest BCUT2D eigenvalue weighted by Gasteiger charge is 2.23. The standard InChI is InChI=1S/C48H41N/c1-5-14-36(15-6-1)39-24-28-44(29-25-39)49(45-30-26-40(27-31-45)37-16-7-2-8-17-37)46-32-33-47(41-20-11-4-12-21-41)48(35-46)43-23-13-22-42(34-43)38-18-9-3-10-19-38/h1-7,9-16,18-24,26,28-30,32-35,39H,8,17,25,27,31H2. The zero-order valence-electron chi connectivity index (χ0n) is 27.9. The summed E-state index contributed by atoms with van der Waals surface area (Å²) >= 11 is 0. The minimum absolute atomic E-state index is 0.390. The van der Waals surface area contributed by atoms with Crippen molar-refractivity contribution in [2.75, 3.05) is 4.90 Å². The van der Waals surface area contributed by atoms with Crippen LogP contribution in [0.1, 0.15) is 43.6 Å². The smallest absolute Gasteiger partial charge is 0.0464 e. The van der Waals surface area contributed by atoms with Gasteiger partial charge in [0.05, 0.1) is 0 Å². The molecule has 0 radical (unpaired) electrons. The first-order chi connectivity index (χ1) is 24.3. The molecule has 1 atom stereocenters. The van der Waals surface area contributed by atoms with Crippen molar-refractivity contribution in [1.82, 2.24) is 0 Å². The van der Waals surface area contributed by atoms with Gasteiger partial charge in [-0.15, -0.1) is 0 Å². The van der Waals surface area contributed by atoms with Crippen molar-refractivity contribution in [3.8, 4) is 33.4 Å². The lowest BCUT2D eigenvalue weighted by atomic mass is 9.88. The molecule has 0 bridgehead atoms. The summed E-state index contributed by atoms with van der Waals surface area (Å²) in [6.45, 7) is 0. The molecule has 3 aliphatic rings. The second kappa shape index (κ2) is 14.2. The van der Waals surface area contributed by atoms with E-state index in [2.05, 4.69) is 187 Å². The fraction of sp³-hybridized carbons (Fsp3) is 0.125. The van der Waals surface area contributed by atoms with E-state index in [1.165, 1.54) is 67.2 Å². The van der Waals surface area contributed by atoms with Gasteiger partial charge in [-0.25, -0.2) is 0 Å². The van der Waals surface area contributed by atoms with Gasteiger partial charge in [0.25, 0.3) is 0 Å². The minimum Gasteiger partial charge on any atom is -0.315 e. The molecule has 5 aromatic rings. The fourth-order valence-corrected chi connectivity index (χ4v) is 7.43. The highest BCUT2D eigenvalue weighted by molar-refractivity contribution is 5.88. The normalized spacial score (nSPS) is 17.1. The molecule has 1 nitrogen and oxygen atoms in total. The summed E-state index contributed by atoms with van der Waals surface area (Å²) in [7, 11) is 0. The summed E-state index contributed by atoms with van der Waals surface area (Å²) < 4.78 is 0. The highest BCUT2D eigenvalue weighted by Crippen LogP contribution is 2.41. The predicted molar refractivity (Wildman–Crippen MR) is 208 cm³/mol. The largest absolute Gasteiger partial charge is 0.315 e. The highest BCUT2D eigenvalue weighted by atomic mass is 15.2. The van der Waals surface area contributed by atoms with E-state index in [-0.39, 0.29) is 0 Å². The third-order valence-corrected chi connectivity index (χ3v) is 10.0. The van der Waals surface area contributed by atoms with E-state index in [1.807, 2.05) is 0 Å². The van der Waals surface area contributed by atoms with Crippen LogP contribution < -0.4 is 4.90 Å². The zero-order valence-corrected chi connectivity index (χ0v) is 27.9. The van der Waals surface area contributed by atoms with E-state index < -0.39 is 0 Å². The first-order valence-electron chi connectivity index (χ1n) is 17.6. The van der Waals surface area contributed by atoms with Crippen LogP contribution in [0, 0.1) is 0 Å². The number of hydrogen-bond donors (Lipinski definition) is 0. The number of hydrogen-bond acceptors (Lipinski definition) is 1. The summed E-state index contributed by atoms with van der Waals surface area (Å²) in [4.78, 5) is 2.51. The molecular weight excluding hydrogens is 591 g/mol. The number of allylic oxidation sites excluding steroid dienone is 11. The number of benzene rings is 5. The van der Waals surface area contributed by atoms with Gasteiger partial charge in [0.2, 0.25) is 0 Å². The molecule has 238 valence electrons. The molecule has 0 aliphatic heterocycles. The third kappa shape index (κ3) is 6.71. The van der Waals surface area contributed by atoms with Crippen LogP contribution >= 0.6 is 0 Å². The quantitative estimate of drug-likeness (QED) is 0.165. The first kappa shape index (κ1) is 30.7. The second-order valence-electron chi connectivity index (χ2n) is 13.1. The van der Waals surface area contributed by atoms with Gasteiger partial charge in [0.15, 0.2) is 0 Å². The first-order valence-corrected chi connectivity index (χ1v) is 17.6. The maximum absolute atomic E-state index is 2.51. The molecule has 5 aromatic carbocycles. The van der Waals surface area contributed by atoms with Crippen LogP contribution in [0.25, 0.3) is 33.4 Å². The van der Waals surface area contributed by atoms with Crippen LogP contribution in [-0.4, -0.2) is 0 Å². The van der Waals surface area contributed by atoms with Gasteiger partial charge >= 0.3 is 0 Å². The zero-order chi connectivity index (χ0) is 32.8. The Labute approximate surface area is 291 Å². The molecular formula is C48H41N. The van der Waals surface area contributed by atoms with Crippen molar-refractivity contribution < 1.29 is 0 Å². The predicted octanol–water partition coefficient (Wildman–Crippen LogP) is 13.0. The Hall–Kier alpha value is -5.66. The van der Waals surface area contributed by atoms with E-state index in [4.69, 9.17) is 0 Å². The summed E-state index contributed by atoms with van der Waals surface area (Å²) in [5, 5.41) is 0. The van der Waals surface area contributed by atoms with Crippen molar-refractivity contribution in [3.05, 3.63) is 210 Å². The molecule has 8 rings (SSSR count). The molecule has 0 amide bonds. The van der Waals surface area contributed by atoms with Crippen LogP contribution in [0.3, 0.4) is 0 Å². The van der Waals surface area contributed by atoms with Gasteiger partial charge < -0.3 is 4.90 Å². The Morgan fingerprint density at radius 2 is 1.24 bits per heavy atom. The Morgan fingerprint density at radius 3 is 1.94 bits per heavy atom. The van der Waals surface area contributed by atoms with Crippen LogP contribution in [0.2, 0.25) is 0 Å². The molecule has 1 heteroatoms. The average molecular weight is 632 g/mol. The van der Waals surface area contributed by atoms with Gasteiger partial charge in [0, 0.05) is 23.0 Å². The van der Waals surface area contributed by atoms with Gasteiger partial charge in [-0.2, -0.15) is 0 Å². The van der Waals surface area contributed by atoms with Crippen LogP contribution in [0.5, 0.6) is 0 Å². The van der Waals surface area contributed by atoms with Crippen molar-refractivity contribution in [2.24, 2.45) is 0 Å². The van der Waals surface area contributed by atoms with Crippen molar-refractivity contribution in [2.45, 2.75) is 38.0 Å². The summed E-state index contributed by atoms with van der Waals surface area (Å²) in [5.41, 5.74) is 15.5. The molecule has 0 saturated heterocycles. The van der Waals surface area contributed by atoms with Crippen molar-refractivity contribution in [1.29, 1.82) is 0 Å². The minimum atomic E-state index is 0.390. The summed E-state index contributed by atoms with van der Waals surface area (Å²) in [6.07, 6.45) is 24.0. The lowest BCUT2D eigenvalue weighted by Crippen LogP contribution is -2.23. The Morgan fingerprint density at radius 1 is 0.531 bits per heavy atom. The van der Waals surface area contributed by atoms with E-state index in [9.17, 15) is 0 Å². The molecule has 0 aromatic heterocycles. The summed E-state index contributed by atoms with van der Waals surface area (Å²) in [6, 6.07) is 48.4. The second-order valence-corrected chi connectivity index (χ2v) is 13.1. The molecule has 1 unspecified atom stereocenters. The number of rotatable bonds is 8. The molecule has 3 aliphatic carbocycles. The van der Waals surface area contributed by atoms with E-state index in [1.54, 1.807) is 0 Å². The topological polar surface area (TPSA) is 3.24 Å². The molecule has 0 heterocycles. The Balaban J connectivity index is 1.24. The van der Waals surface area contributed by atoms with Crippen LogP contribution in [0.15, 0.2) is 205 Å². The molecule has 0 saturated carbocycles. The van der Waals surface area contributed by atoms with Gasteiger partial charge in [0.1, 0.15) is 0 Å². The van der Waals surface area contributed by atoms with Gasteiger partial charge in [-0.1, -0.05) is 152 Å². The van der Waals surface area contributed by atoms with Gasteiger partial charge in [-0.3, -0.25) is 0 Å². The van der Waals surface area contributed by atoms with Crippen LogP contribution in [0.4, 0.5) is 5.69 Å². The fourth-order valence-electron chi connectivity index (χ4n) is 7.43.